The molecule has 0 atom stereocenters. The van der Waals surface area contributed by atoms with Crippen LogP contribution in [0.3, 0.4) is 0 Å². The molecule has 250 valence electrons. The summed E-state index contributed by atoms with van der Waals surface area (Å²) in [5, 5.41) is 13.6. The van der Waals surface area contributed by atoms with Crippen LogP contribution >= 0.6 is 0 Å². The van der Waals surface area contributed by atoms with Gasteiger partial charge in [-0.05, 0) is 83.8 Å². The van der Waals surface area contributed by atoms with Crippen molar-refractivity contribution >= 4 is 67.6 Å². The number of carbonyl (C=O) groups is 1. The van der Waals surface area contributed by atoms with Gasteiger partial charge in [0.15, 0.2) is 5.54 Å². The maximum atomic E-state index is 12.2. The Kier molecular flexibility index (Phi) is 8.51. The molecule has 3 heterocycles. The quantitative estimate of drug-likeness (QED) is 0.129. The highest BCUT2D eigenvalue weighted by Crippen LogP contribution is 2.40. The summed E-state index contributed by atoms with van der Waals surface area (Å²) in [5.41, 5.74) is 3.48. The van der Waals surface area contributed by atoms with Crippen molar-refractivity contribution < 1.29 is 35.5 Å². The summed E-state index contributed by atoms with van der Waals surface area (Å²) >= 11 is 0. The first-order valence-electron chi connectivity index (χ1n) is 15.2. The number of hydrogen-bond acceptors (Lipinski definition) is 8. The Morgan fingerprint density at radius 1 is 0.979 bits per heavy atom. The summed E-state index contributed by atoms with van der Waals surface area (Å²) in [6.45, 7) is 15.4. The van der Waals surface area contributed by atoms with Gasteiger partial charge in [0.05, 0.1) is 23.3 Å². The van der Waals surface area contributed by atoms with Crippen LogP contribution in [-0.4, -0.2) is 76.3 Å². The summed E-state index contributed by atoms with van der Waals surface area (Å²) in [6, 6.07) is 10.2. The molecule has 0 spiro atoms. The van der Waals surface area contributed by atoms with Gasteiger partial charge >= 0.3 is 10.1 Å². The summed E-state index contributed by atoms with van der Waals surface area (Å²) in [5.74, 6) is -1.45. The first-order chi connectivity index (χ1) is 21.6. The molecule has 0 radical (unpaired) electrons. The number of nitrogens with zero attached hydrogens (tertiary/aromatic N) is 3. The van der Waals surface area contributed by atoms with Crippen molar-refractivity contribution in [2.75, 3.05) is 29.7 Å². The first kappa shape index (κ1) is 34.7. The molecule has 5 rings (SSSR count). The molecule has 14 heteroatoms. The van der Waals surface area contributed by atoms with E-state index < -0.39 is 45.5 Å². The fraction of sp³-hybridized carbons (Fsp3) is 0.424. The van der Waals surface area contributed by atoms with E-state index in [9.17, 15) is 36.0 Å². The predicted molar refractivity (Wildman–Crippen MR) is 185 cm³/mol. The van der Waals surface area contributed by atoms with Gasteiger partial charge in [-0.15, -0.1) is 0 Å². The van der Waals surface area contributed by atoms with Gasteiger partial charge < -0.3 is 9.64 Å². The van der Waals surface area contributed by atoms with Crippen LogP contribution in [0.15, 0.2) is 36.4 Å². The van der Waals surface area contributed by atoms with Crippen LogP contribution in [-0.2, 0) is 29.8 Å². The molecule has 2 aromatic rings. The fourth-order valence-electron chi connectivity index (χ4n) is 7.42. The van der Waals surface area contributed by atoms with E-state index in [-0.39, 0.29) is 17.7 Å². The highest BCUT2D eigenvalue weighted by Gasteiger charge is 2.42. The van der Waals surface area contributed by atoms with Crippen LogP contribution in [0.25, 0.3) is 16.7 Å². The number of nitriles is 1. The van der Waals surface area contributed by atoms with Gasteiger partial charge in [0.25, 0.3) is 22.5 Å². The molecule has 0 amide bonds. The van der Waals surface area contributed by atoms with E-state index >= 15 is 0 Å². The Bertz CT molecular complexity index is 2180. The standard InChI is InChI=1S/C33H39N3O8S2Si/c1-21-15-32(2,3)35(9-8-10-44-20-37)28-13-30-25(11-23(21)28)27(17-34)26-12-24-22(18-45(38,39)40)16-33(4,5)36(19-46(41,42)43)29(24)14-31(26)47(30,6)7/h11-16,20H,8-10,18-19H2,1-7H3,(H-,38,39,40,41,42,43)/p+1. The van der Waals surface area contributed by atoms with Gasteiger partial charge in [-0.25, -0.2) is 4.58 Å². The van der Waals surface area contributed by atoms with E-state index in [1.54, 1.807) is 26.0 Å². The molecule has 3 aliphatic rings. The van der Waals surface area contributed by atoms with Gasteiger partial charge in [0.2, 0.25) is 5.36 Å². The van der Waals surface area contributed by atoms with Crippen molar-refractivity contribution in [1.82, 2.24) is 4.58 Å². The summed E-state index contributed by atoms with van der Waals surface area (Å²) in [7, 11) is -11.6. The molecule has 0 saturated heterocycles. The fourth-order valence-corrected chi connectivity index (χ4v) is 11.9. The Balaban J connectivity index is 1.86. The van der Waals surface area contributed by atoms with Gasteiger partial charge in [-0.3, -0.25) is 13.9 Å². The number of allylic oxidation sites excluding steroid dienone is 1. The molecule has 0 unspecified atom stereocenters. The van der Waals surface area contributed by atoms with Crippen molar-refractivity contribution in [3.8, 4) is 6.07 Å². The Morgan fingerprint density at radius 3 is 2.26 bits per heavy atom. The van der Waals surface area contributed by atoms with Crippen molar-refractivity contribution in [1.29, 1.82) is 5.26 Å². The molecule has 0 saturated carbocycles. The van der Waals surface area contributed by atoms with Crippen LogP contribution in [0.1, 0.15) is 57.7 Å². The lowest BCUT2D eigenvalue weighted by molar-refractivity contribution is -0.128. The second-order valence-corrected chi connectivity index (χ2v) is 21.3. The zero-order valence-corrected chi connectivity index (χ0v) is 30.2. The van der Waals surface area contributed by atoms with Crippen LogP contribution in [0.4, 0.5) is 5.69 Å². The molecule has 11 nitrogen and oxygen atoms in total. The van der Waals surface area contributed by atoms with Crippen LogP contribution in [0.2, 0.25) is 13.1 Å². The van der Waals surface area contributed by atoms with Crippen molar-refractivity contribution in [2.24, 2.45) is 0 Å². The number of benzene rings is 2. The second-order valence-electron chi connectivity index (χ2n) is 14.1. The van der Waals surface area contributed by atoms with E-state index in [0.29, 0.717) is 41.2 Å². The Morgan fingerprint density at radius 2 is 1.66 bits per heavy atom. The van der Waals surface area contributed by atoms with E-state index in [0.717, 1.165) is 32.8 Å². The average molecular weight is 699 g/mol. The molecule has 2 N–H and O–H groups in total. The summed E-state index contributed by atoms with van der Waals surface area (Å²) < 4.78 is 74.9. The molecule has 0 bridgehead atoms. The zero-order chi connectivity index (χ0) is 34.9. The van der Waals surface area contributed by atoms with Gasteiger partial charge in [-0.1, -0.05) is 19.2 Å². The van der Waals surface area contributed by atoms with E-state index in [1.807, 2.05) is 13.0 Å². The summed E-state index contributed by atoms with van der Waals surface area (Å²) in [6.07, 6.45) is 4.38. The first-order valence-corrected chi connectivity index (χ1v) is 21.4. The van der Waals surface area contributed by atoms with Crippen molar-refractivity contribution in [3.63, 3.8) is 0 Å². The third kappa shape index (κ3) is 6.34. The molecule has 2 aromatic carbocycles. The Hall–Kier alpha value is -3.61. The number of carbonyl (C=O) groups excluding carboxylic acids is 1. The number of hydrogen-bond donors (Lipinski definition) is 2. The van der Waals surface area contributed by atoms with Crippen LogP contribution < -0.4 is 30.4 Å². The maximum Gasteiger partial charge on any atom is 0.326 e. The van der Waals surface area contributed by atoms with E-state index in [4.69, 9.17) is 4.74 Å². The molecule has 47 heavy (non-hydrogen) atoms. The SMILES string of the molecule is CC1=CC(C)(C)N(CCCOC=O)c2cc3c(cc21)C(C#N)=c1cc2c(cc1[Si]3(C)C)=[N+](CS(=O)(=O)O)C(C)(C)C=C2CS(=O)(=O)O. The normalized spacial score (nSPS) is 18.9. The monoisotopic (exact) mass is 698 g/mol. The molecular formula is C33H40N3O8S2Si+. The minimum Gasteiger partial charge on any atom is -0.468 e. The zero-order valence-electron chi connectivity index (χ0n) is 27.6. The lowest BCUT2D eigenvalue weighted by atomic mass is 9.86. The minimum atomic E-state index is -4.50. The molecule has 0 aromatic heterocycles. The maximum absolute atomic E-state index is 12.2. The second kappa shape index (κ2) is 11.5. The van der Waals surface area contributed by atoms with Crippen molar-refractivity contribution in [2.45, 2.75) is 65.2 Å². The molecule has 0 aliphatic carbocycles. The lowest BCUT2D eigenvalue weighted by Gasteiger charge is -2.45. The van der Waals surface area contributed by atoms with Gasteiger partial charge in [0.1, 0.15) is 19.9 Å². The minimum absolute atomic E-state index is 0.269. The van der Waals surface area contributed by atoms with Gasteiger partial charge in [0, 0.05) is 37.7 Å². The largest absolute Gasteiger partial charge is 0.468 e. The van der Waals surface area contributed by atoms with E-state index in [2.05, 4.69) is 56.1 Å². The van der Waals surface area contributed by atoms with Crippen LogP contribution in [0.5, 0.6) is 0 Å². The molecular weight excluding hydrogens is 659 g/mol. The van der Waals surface area contributed by atoms with Crippen LogP contribution in [0, 0.1) is 11.3 Å². The van der Waals surface area contributed by atoms with Crippen molar-refractivity contribution in [3.05, 3.63) is 63.7 Å². The highest BCUT2D eigenvalue weighted by atomic mass is 32.2. The molecule has 0 fully saturated rings. The number of ether oxygens (including phenoxy) is 1. The third-order valence-electron chi connectivity index (χ3n) is 9.45. The number of anilines is 1. The average Bonchev–Trinajstić information content (AvgIpc) is 2.92. The lowest BCUT2D eigenvalue weighted by Crippen LogP contribution is -2.65. The predicted octanol–water partition coefficient (Wildman–Crippen LogP) is 1.51. The summed E-state index contributed by atoms with van der Waals surface area (Å²) in [4.78, 5) is 13.0. The van der Waals surface area contributed by atoms with Gasteiger partial charge in [-0.2, -0.15) is 22.1 Å². The highest BCUT2D eigenvalue weighted by molar-refractivity contribution is 7.86. The number of fused-ring (bicyclic) bond motifs is 4. The Labute approximate surface area is 276 Å². The third-order valence-corrected chi connectivity index (χ3v) is 14.2. The number of rotatable bonds is 9. The smallest absolute Gasteiger partial charge is 0.326 e. The van der Waals surface area contributed by atoms with E-state index in [1.165, 1.54) is 4.58 Å². The topological polar surface area (TPSA) is 165 Å². The molecule has 3 aliphatic heterocycles.